The van der Waals surface area contributed by atoms with E-state index in [4.69, 9.17) is 18.9 Å². The molecule has 6 nitrogen and oxygen atoms in total. The van der Waals surface area contributed by atoms with Crippen LogP contribution in [0.5, 0.6) is 23.0 Å². The van der Waals surface area contributed by atoms with Gasteiger partial charge in [0.2, 0.25) is 5.78 Å². The summed E-state index contributed by atoms with van der Waals surface area (Å²) in [7, 11) is 3.01. The number of allylic oxidation sites excluding steroid dienone is 3. The predicted octanol–water partition coefficient (Wildman–Crippen LogP) is 5.40. The number of fused-ring (bicyclic) bond motifs is 1. The Balaban J connectivity index is 1.53. The lowest BCUT2D eigenvalue weighted by Crippen LogP contribution is -2.09. The van der Waals surface area contributed by atoms with Crippen molar-refractivity contribution >= 4 is 17.8 Å². The topological polar surface area (TPSA) is 71.1 Å². The highest BCUT2D eigenvalue weighted by Crippen LogP contribution is 2.37. The van der Waals surface area contributed by atoms with E-state index in [1.165, 1.54) is 14.2 Å². The summed E-state index contributed by atoms with van der Waals surface area (Å²) < 4.78 is 21.7. The summed E-state index contributed by atoms with van der Waals surface area (Å²) in [6.07, 6.45) is 5.28. The summed E-state index contributed by atoms with van der Waals surface area (Å²) in [6.45, 7) is 1.77. The first kappa shape index (κ1) is 21.9. The molecule has 33 heavy (non-hydrogen) atoms. The fourth-order valence-corrected chi connectivity index (χ4v) is 3.49. The Morgan fingerprint density at radius 2 is 1.70 bits per heavy atom. The molecule has 6 heteroatoms. The first-order valence-electron chi connectivity index (χ1n) is 10.2. The Morgan fingerprint density at radius 3 is 2.42 bits per heavy atom. The van der Waals surface area contributed by atoms with Crippen LogP contribution in [0.4, 0.5) is 0 Å². The minimum Gasteiger partial charge on any atom is -0.493 e. The Labute approximate surface area is 191 Å². The van der Waals surface area contributed by atoms with Crippen LogP contribution in [0, 0.1) is 6.92 Å². The lowest BCUT2D eigenvalue weighted by atomic mass is 10.0. The van der Waals surface area contributed by atoms with Crippen molar-refractivity contribution in [3.8, 4) is 23.0 Å². The Hall–Kier alpha value is -4.32. The van der Waals surface area contributed by atoms with E-state index < -0.39 is 5.97 Å². The Bertz CT molecular complexity index is 1270. The maximum Gasteiger partial charge on any atom is 0.343 e. The molecule has 0 N–H and O–H groups in total. The Kier molecular flexibility index (Phi) is 6.26. The van der Waals surface area contributed by atoms with Crippen molar-refractivity contribution in [3.63, 3.8) is 0 Å². The van der Waals surface area contributed by atoms with Crippen molar-refractivity contribution in [2.24, 2.45) is 0 Å². The lowest BCUT2D eigenvalue weighted by molar-refractivity contribution is 0.0734. The highest BCUT2D eigenvalue weighted by atomic mass is 16.5. The molecule has 0 aliphatic carbocycles. The number of ketones is 1. The second-order valence-corrected chi connectivity index (χ2v) is 7.30. The van der Waals surface area contributed by atoms with Crippen LogP contribution in [-0.2, 0) is 0 Å². The lowest BCUT2D eigenvalue weighted by Gasteiger charge is -2.10. The van der Waals surface area contributed by atoms with Crippen LogP contribution < -0.4 is 18.9 Å². The van der Waals surface area contributed by atoms with Crippen LogP contribution in [0.15, 0.2) is 78.6 Å². The second kappa shape index (κ2) is 9.44. The van der Waals surface area contributed by atoms with Crippen molar-refractivity contribution < 1.29 is 28.5 Å². The minimum atomic E-state index is -0.568. The molecule has 0 unspecified atom stereocenters. The van der Waals surface area contributed by atoms with Gasteiger partial charge in [-0.25, -0.2) is 4.79 Å². The number of hydrogen-bond donors (Lipinski definition) is 0. The van der Waals surface area contributed by atoms with E-state index in [1.807, 2.05) is 36.4 Å². The molecule has 0 spiro atoms. The van der Waals surface area contributed by atoms with Crippen LogP contribution in [0.2, 0.25) is 0 Å². The molecule has 0 aromatic heterocycles. The van der Waals surface area contributed by atoms with Gasteiger partial charge in [0.05, 0.1) is 25.3 Å². The van der Waals surface area contributed by atoms with Gasteiger partial charge in [-0.1, -0.05) is 42.5 Å². The third kappa shape index (κ3) is 4.65. The summed E-state index contributed by atoms with van der Waals surface area (Å²) >= 11 is 0. The summed E-state index contributed by atoms with van der Waals surface area (Å²) in [5, 5.41) is 0. The van der Waals surface area contributed by atoms with Gasteiger partial charge in [0.25, 0.3) is 0 Å². The zero-order chi connectivity index (χ0) is 23.4. The average Bonchev–Trinajstić information content (AvgIpc) is 3.14. The summed E-state index contributed by atoms with van der Waals surface area (Å²) in [5.41, 5.74) is 2.43. The smallest absolute Gasteiger partial charge is 0.343 e. The zero-order valence-corrected chi connectivity index (χ0v) is 18.5. The van der Waals surface area contributed by atoms with Gasteiger partial charge in [-0.2, -0.15) is 0 Å². The number of esters is 1. The number of carbonyl (C=O) groups is 2. The van der Waals surface area contributed by atoms with Crippen LogP contribution >= 0.6 is 0 Å². The summed E-state index contributed by atoms with van der Waals surface area (Å²) in [5.74, 6) is 0.997. The van der Waals surface area contributed by atoms with Crippen LogP contribution in [-0.4, -0.2) is 26.0 Å². The van der Waals surface area contributed by atoms with Crippen molar-refractivity contribution in [1.29, 1.82) is 0 Å². The minimum absolute atomic E-state index is 0.210. The van der Waals surface area contributed by atoms with Gasteiger partial charge in [0, 0.05) is 6.07 Å². The normalized spacial score (nSPS) is 13.7. The molecule has 4 rings (SSSR count). The largest absolute Gasteiger partial charge is 0.493 e. The molecule has 0 atom stereocenters. The van der Waals surface area contributed by atoms with E-state index in [9.17, 15) is 9.59 Å². The van der Waals surface area contributed by atoms with Crippen LogP contribution in [0.25, 0.3) is 6.08 Å². The van der Waals surface area contributed by atoms with E-state index in [0.717, 1.165) is 5.56 Å². The number of Topliss-reactive ketones (excluding diaryl/α,β-unsaturated/α-hetero) is 1. The molecule has 0 amide bonds. The van der Waals surface area contributed by atoms with Crippen LogP contribution in [0.3, 0.4) is 0 Å². The van der Waals surface area contributed by atoms with E-state index in [-0.39, 0.29) is 17.3 Å². The molecular formula is C27H22O6. The highest BCUT2D eigenvalue weighted by Gasteiger charge is 2.30. The first-order valence-corrected chi connectivity index (χ1v) is 10.2. The van der Waals surface area contributed by atoms with Crippen molar-refractivity contribution in [1.82, 2.24) is 0 Å². The van der Waals surface area contributed by atoms with Gasteiger partial charge < -0.3 is 18.9 Å². The molecule has 1 aliphatic heterocycles. The monoisotopic (exact) mass is 442 g/mol. The molecule has 1 heterocycles. The van der Waals surface area contributed by atoms with Gasteiger partial charge in [0.15, 0.2) is 17.3 Å². The van der Waals surface area contributed by atoms with E-state index >= 15 is 0 Å². The SMILES string of the molecule is COc1ccc(C(=O)Oc2cc(C)c3c(c2)O/C(=C\C=C\c2ccccc2)C3=O)cc1OC. The quantitative estimate of drug-likeness (QED) is 0.289. The van der Waals surface area contributed by atoms with Crippen LogP contribution in [0.1, 0.15) is 31.8 Å². The standard InChI is InChI=1S/C27H22O6/c1-17-14-20(32-27(29)19-12-13-21(30-2)23(15-19)31-3)16-24-25(17)26(28)22(33-24)11-7-10-18-8-5-4-6-9-18/h4-16H,1-3H3/b10-7+,22-11-. The van der Waals surface area contributed by atoms with Gasteiger partial charge >= 0.3 is 5.97 Å². The second-order valence-electron chi connectivity index (χ2n) is 7.30. The van der Waals surface area contributed by atoms with Gasteiger partial charge in [-0.15, -0.1) is 0 Å². The predicted molar refractivity (Wildman–Crippen MR) is 124 cm³/mol. The molecule has 0 saturated carbocycles. The molecule has 166 valence electrons. The number of carbonyl (C=O) groups excluding carboxylic acids is 2. The van der Waals surface area contributed by atoms with Gasteiger partial charge in [0.1, 0.15) is 11.5 Å². The molecule has 3 aromatic carbocycles. The highest BCUT2D eigenvalue weighted by molar-refractivity contribution is 6.13. The summed E-state index contributed by atoms with van der Waals surface area (Å²) in [6, 6.07) is 17.7. The molecule has 3 aromatic rings. The number of hydrogen-bond acceptors (Lipinski definition) is 6. The number of rotatable bonds is 6. The summed E-state index contributed by atoms with van der Waals surface area (Å²) in [4.78, 5) is 25.4. The third-order valence-corrected chi connectivity index (χ3v) is 5.11. The van der Waals surface area contributed by atoms with Crippen molar-refractivity contribution in [2.45, 2.75) is 6.92 Å². The van der Waals surface area contributed by atoms with E-state index in [1.54, 1.807) is 49.4 Å². The first-order chi connectivity index (χ1) is 16.0. The fraction of sp³-hybridized carbons (Fsp3) is 0.111. The molecule has 0 saturated heterocycles. The van der Waals surface area contributed by atoms with Crippen molar-refractivity contribution in [2.75, 3.05) is 14.2 Å². The molecule has 0 bridgehead atoms. The Morgan fingerprint density at radius 1 is 0.939 bits per heavy atom. The van der Waals surface area contributed by atoms with Gasteiger partial charge in [-0.3, -0.25) is 4.79 Å². The molecule has 0 fully saturated rings. The van der Waals surface area contributed by atoms with Crippen molar-refractivity contribution in [3.05, 3.63) is 101 Å². The maximum absolute atomic E-state index is 12.8. The van der Waals surface area contributed by atoms with Gasteiger partial charge in [-0.05, 0) is 48.4 Å². The molecule has 0 radical (unpaired) electrons. The number of ether oxygens (including phenoxy) is 4. The third-order valence-electron chi connectivity index (χ3n) is 5.11. The zero-order valence-electron chi connectivity index (χ0n) is 18.5. The number of benzene rings is 3. The average molecular weight is 442 g/mol. The number of aryl methyl sites for hydroxylation is 1. The van der Waals surface area contributed by atoms with E-state index in [0.29, 0.717) is 33.9 Å². The number of methoxy groups -OCH3 is 2. The van der Waals surface area contributed by atoms with E-state index in [2.05, 4.69) is 0 Å². The maximum atomic E-state index is 12.8. The molecular weight excluding hydrogens is 420 g/mol. The molecule has 1 aliphatic rings. The fourth-order valence-electron chi connectivity index (χ4n) is 3.49.